The van der Waals surface area contributed by atoms with E-state index in [1.807, 2.05) is 0 Å². The van der Waals surface area contributed by atoms with Crippen molar-refractivity contribution in [1.82, 2.24) is 0 Å². The summed E-state index contributed by atoms with van der Waals surface area (Å²) in [6.07, 6.45) is 13.3. The fourth-order valence-corrected chi connectivity index (χ4v) is 1.84. The summed E-state index contributed by atoms with van der Waals surface area (Å²) >= 11 is 0. The van der Waals surface area contributed by atoms with E-state index in [1.54, 1.807) is 0 Å². The van der Waals surface area contributed by atoms with E-state index >= 15 is 0 Å². The Morgan fingerprint density at radius 3 is 2.62 bits per heavy atom. The maximum absolute atomic E-state index is 5.81. The summed E-state index contributed by atoms with van der Waals surface area (Å²) in [5.41, 5.74) is 0. The minimum Gasteiger partial charge on any atom is -0.378 e. The number of ether oxygens (including phenoxy) is 1. The predicted molar refractivity (Wildman–Crippen MR) is 56.7 cm³/mol. The molecular formula is C12H23O. The molecule has 0 aromatic carbocycles. The average Bonchev–Trinajstić information content (AvgIpc) is 2.19. The minimum atomic E-state index is 0.576. The van der Waals surface area contributed by atoms with Gasteiger partial charge < -0.3 is 4.74 Å². The molecule has 1 fully saturated rings. The van der Waals surface area contributed by atoms with Gasteiger partial charge in [-0.05, 0) is 38.5 Å². The number of rotatable bonds is 6. The van der Waals surface area contributed by atoms with Gasteiger partial charge in [0.15, 0.2) is 0 Å². The second-order valence-corrected chi connectivity index (χ2v) is 4.00. The van der Waals surface area contributed by atoms with Crippen LogP contribution in [-0.2, 0) is 4.74 Å². The molecule has 1 aliphatic carbocycles. The highest BCUT2D eigenvalue weighted by Gasteiger charge is 2.12. The molecule has 0 aliphatic heterocycles. The summed E-state index contributed by atoms with van der Waals surface area (Å²) in [6.45, 7) is 3.24. The third-order valence-electron chi connectivity index (χ3n) is 2.74. The van der Waals surface area contributed by atoms with Crippen molar-refractivity contribution in [3.8, 4) is 0 Å². The van der Waals surface area contributed by atoms with Gasteiger partial charge in [0.05, 0.1) is 6.10 Å². The lowest BCUT2D eigenvalue weighted by Gasteiger charge is -2.21. The molecular weight excluding hydrogens is 160 g/mol. The van der Waals surface area contributed by atoms with Gasteiger partial charge in [-0.15, -0.1) is 0 Å². The first-order valence-electron chi connectivity index (χ1n) is 5.86. The molecule has 1 aliphatic rings. The van der Waals surface area contributed by atoms with Crippen molar-refractivity contribution in [2.24, 2.45) is 0 Å². The van der Waals surface area contributed by atoms with Gasteiger partial charge >= 0.3 is 0 Å². The number of hydrogen-bond acceptors (Lipinski definition) is 1. The van der Waals surface area contributed by atoms with Crippen LogP contribution in [0.5, 0.6) is 0 Å². The summed E-state index contributed by atoms with van der Waals surface area (Å²) in [5.74, 6) is 0. The van der Waals surface area contributed by atoms with Crippen LogP contribution in [0.3, 0.4) is 0 Å². The van der Waals surface area contributed by atoms with Crippen molar-refractivity contribution in [1.29, 1.82) is 0 Å². The molecule has 1 radical (unpaired) electrons. The van der Waals surface area contributed by atoms with Gasteiger partial charge in [0.1, 0.15) is 0 Å². The van der Waals surface area contributed by atoms with Crippen LogP contribution < -0.4 is 0 Å². The standard InChI is InChI=1S/C12H23O/c1-2-3-4-8-11-13-12-9-6-5-7-10-12/h5,12H,2-4,6-11H2,1H3. The Morgan fingerprint density at radius 2 is 1.92 bits per heavy atom. The molecule has 0 amide bonds. The molecule has 0 saturated heterocycles. The molecule has 0 unspecified atom stereocenters. The third kappa shape index (κ3) is 5.30. The van der Waals surface area contributed by atoms with Gasteiger partial charge in [-0.25, -0.2) is 0 Å². The van der Waals surface area contributed by atoms with Crippen molar-refractivity contribution in [3.05, 3.63) is 6.42 Å². The lowest BCUT2D eigenvalue weighted by atomic mass is 9.98. The molecule has 1 nitrogen and oxygen atoms in total. The number of hydrogen-bond donors (Lipinski definition) is 0. The van der Waals surface area contributed by atoms with E-state index in [-0.39, 0.29) is 0 Å². The average molecular weight is 183 g/mol. The van der Waals surface area contributed by atoms with E-state index in [2.05, 4.69) is 13.3 Å². The third-order valence-corrected chi connectivity index (χ3v) is 2.74. The Morgan fingerprint density at radius 1 is 1.15 bits per heavy atom. The molecule has 13 heavy (non-hydrogen) atoms. The molecule has 1 saturated carbocycles. The van der Waals surface area contributed by atoms with Crippen molar-refractivity contribution in [2.75, 3.05) is 6.61 Å². The normalized spacial score (nSPS) is 19.2. The van der Waals surface area contributed by atoms with E-state index in [4.69, 9.17) is 4.74 Å². The first kappa shape index (κ1) is 11.0. The molecule has 0 aromatic rings. The van der Waals surface area contributed by atoms with Crippen LogP contribution in [0.25, 0.3) is 0 Å². The van der Waals surface area contributed by atoms with Gasteiger partial charge in [0, 0.05) is 6.61 Å². The number of unbranched alkanes of at least 4 members (excludes halogenated alkanes) is 3. The summed E-state index contributed by atoms with van der Waals surface area (Å²) in [7, 11) is 0. The highest BCUT2D eigenvalue weighted by atomic mass is 16.5. The Bertz CT molecular complexity index is 106. The smallest absolute Gasteiger partial charge is 0.0575 e. The van der Waals surface area contributed by atoms with Gasteiger partial charge in [-0.3, -0.25) is 0 Å². The molecule has 1 rings (SSSR count). The van der Waals surface area contributed by atoms with Crippen LogP contribution in [0.15, 0.2) is 0 Å². The Kier molecular flexibility index (Phi) is 6.26. The van der Waals surface area contributed by atoms with Crippen molar-refractivity contribution < 1.29 is 4.74 Å². The zero-order chi connectivity index (χ0) is 9.36. The van der Waals surface area contributed by atoms with Gasteiger partial charge in [0.25, 0.3) is 0 Å². The molecule has 0 aromatic heterocycles. The van der Waals surface area contributed by atoms with Gasteiger partial charge in [0.2, 0.25) is 0 Å². The first-order valence-corrected chi connectivity index (χ1v) is 5.86. The van der Waals surface area contributed by atoms with E-state index in [9.17, 15) is 0 Å². The molecule has 77 valence electrons. The lowest BCUT2D eigenvalue weighted by molar-refractivity contribution is 0.0326. The SMILES string of the molecule is CCCCCCOC1CC[CH]CC1. The predicted octanol–water partition coefficient (Wildman–Crippen LogP) is 3.73. The fourth-order valence-electron chi connectivity index (χ4n) is 1.84. The van der Waals surface area contributed by atoms with Crippen molar-refractivity contribution in [2.45, 2.75) is 64.4 Å². The van der Waals surface area contributed by atoms with Crippen LogP contribution in [0.1, 0.15) is 58.3 Å². The second-order valence-electron chi connectivity index (χ2n) is 4.00. The van der Waals surface area contributed by atoms with E-state index in [0.29, 0.717) is 6.10 Å². The van der Waals surface area contributed by atoms with Crippen LogP contribution in [-0.4, -0.2) is 12.7 Å². The lowest BCUT2D eigenvalue weighted by Crippen LogP contribution is -2.17. The summed E-state index contributed by atoms with van der Waals surface area (Å²) < 4.78 is 5.81. The second kappa shape index (κ2) is 7.37. The molecule has 0 heterocycles. The van der Waals surface area contributed by atoms with Crippen LogP contribution in [0, 0.1) is 6.42 Å². The van der Waals surface area contributed by atoms with Crippen LogP contribution >= 0.6 is 0 Å². The van der Waals surface area contributed by atoms with Crippen LogP contribution in [0.2, 0.25) is 0 Å². The van der Waals surface area contributed by atoms with Crippen molar-refractivity contribution >= 4 is 0 Å². The Labute approximate surface area is 82.9 Å². The minimum absolute atomic E-state index is 0.576. The Balaban J connectivity index is 1.86. The fraction of sp³-hybridized carbons (Fsp3) is 0.917. The highest BCUT2D eigenvalue weighted by molar-refractivity contribution is 4.76. The summed E-state index contributed by atoms with van der Waals surface area (Å²) in [4.78, 5) is 0. The van der Waals surface area contributed by atoms with E-state index in [0.717, 1.165) is 6.61 Å². The van der Waals surface area contributed by atoms with Crippen molar-refractivity contribution in [3.63, 3.8) is 0 Å². The van der Waals surface area contributed by atoms with Gasteiger partial charge in [-0.2, -0.15) is 0 Å². The van der Waals surface area contributed by atoms with Crippen LogP contribution in [0.4, 0.5) is 0 Å². The maximum Gasteiger partial charge on any atom is 0.0575 e. The molecule has 0 bridgehead atoms. The monoisotopic (exact) mass is 183 g/mol. The quantitative estimate of drug-likeness (QED) is 0.570. The largest absolute Gasteiger partial charge is 0.378 e. The molecule has 1 heteroatoms. The summed E-state index contributed by atoms with van der Waals surface area (Å²) in [6, 6.07) is 0. The molecule has 0 N–H and O–H groups in total. The summed E-state index contributed by atoms with van der Waals surface area (Å²) in [5, 5.41) is 0. The Hall–Kier alpha value is -0.0400. The van der Waals surface area contributed by atoms with Gasteiger partial charge in [-0.1, -0.05) is 26.2 Å². The zero-order valence-electron chi connectivity index (χ0n) is 8.93. The topological polar surface area (TPSA) is 9.23 Å². The van der Waals surface area contributed by atoms with E-state index < -0.39 is 0 Å². The highest BCUT2D eigenvalue weighted by Crippen LogP contribution is 2.19. The molecule has 0 atom stereocenters. The zero-order valence-corrected chi connectivity index (χ0v) is 8.93. The van der Waals surface area contributed by atoms with E-state index in [1.165, 1.54) is 51.4 Å². The molecule has 0 spiro atoms. The first-order chi connectivity index (χ1) is 6.43. The maximum atomic E-state index is 5.81.